The number of nitrogens with two attached hydrogens (primary N) is 1. The quantitative estimate of drug-likeness (QED) is 0.605. The van der Waals surface area contributed by atoms with Gasteiger partial charge in [-0.15, -0.1) is 0 Å². The number of benzene rings is 2. The minimum atomic E-state index is -3.78. The minimum absolute atomic E-state index is 0.172. The predicted octanol–water partition coefficient (Wildman–Crippen LogP) is 5.37. The molecule has 2 N–H and O–H groups in total. The number of aryl methyl sites for hydroxylation is 3. The normalized spacial score (nSPS) is 13.2. The first-order valence-corrected chi connectivity index (χ1v) is 11.4. The van der Waals surface area contributed by atoms with Crippen molar-refractivity contribution in [3.63, 3.8) is 0 Å². The largest absolute Gasteiger partial charge is 0.344 e. The third kappa shape index (κ3) is 3.71. The SMILES string of the molecule is CC[C@H](Cn1c(C)cc2cc(Cl)ccc21)c1c(C)cc(C)c(S(N)(=O)=O)c1C. The number of primary sulfonamides is 1. The number of rotatable bonds is 5. The molecule has 28 heavy (non-hydrogen) atoms. The van der Waals surface area contributed by atoms with Gasteiger partial charge in [0.05, 0.1) is 4.90 Å². The van der Waals surface area contributed by atoms with E-state index < -0.39 is 10.0 Å². The van der Waals surface area contributed by atoms with E-state index in [2.05, 4.69) is 24.5 Å². The average Bonchev–Trinajstić information content (AvgIpc) is 2.86. The smallest absolute Gasteiger partial charge is 0.238 e. The second-order valence-electron chi connectivity index (χ2n) is 7.63. The van der Waals surface area contributed by atoms with Gasteiger partial charge in [-0.05, 0) is 80.6 Å². The maximum Gasteiger partial charge on any atom is 0.238 e. The molecular formula is C22H27ClN2O2S. The first kappa shape index (κ1) is 20.9. The highest BCUT2D eigenvalue weighted by molar-refractivity contribution is 7.89. The van der Waals surface area contributed by atoms with Crippen LogP contribution < -0.4 is 5.14 Å². The lowest BCUT2D eigenvalue weighted by Crippen LogP contribution is -2.19. The van der Waals surface area contributed by atoms with Crippen molar-refractivity contribution in [3.8, 4) is 0 Å². The summed E-state index contributed by atoms with van der Waals surface area (Å²) in [6.45, 7) is 10.7. The molecule has 1 heterocycles. The molecule has 0 aliphatic carbocycles. The van der Waals surface area contributed by atoms with Crippen LogP contribution in [0.4, 0.5) is 0 Å². The van der Waals surface area contributed by atoms with Crippen LogP contribution in [0.2, 0.25) is 5.02 Å². The molecule has 0 radical (unpaired) electrons. The highest BCUT2D eigenvalue weighted by Gasteiger charge is 2.24. The first-order valence-electron chi connectivity index (χ1n) is 9.43. The minimum Gasteiger partial charge on any atom is -0.344 e. The number of nitrogens with zero attached hydrogens (tertiary/aromatic N) is 1. The number of hydrogen-bond acceptors (Lipinski definition) is 2. The van der Waals surface area contributed by atoms with Crippen LogP contribution in [0.3, 0.4) is 0 Å². The van der Waals surface area contributed by atoms with E-state index in [1.807, 2.05) is 38.1 Å². The van der Waals surface area contributed by atoms with Gasteiger partial charge >= 0.3 is 0 Å². The van der Waals surface area contributed by atoms with Crippen LogP contribution in [0, 0.1) is 27.7 Å². The second-order valence-corrected chi connectivity index (χ2v) is 9.56. The molecule has 0 amide bonds. The summed E-state index contributed by atoms with van der Waals surface area (Å²) in [6.07, 6.45) is 0.890. The summed E-state index contributed by atoms with van der Waals surface area (Å²) in [6, 6.07) is 10.00. The predicted molar refractivity (Wildman–Crippen MR) is 117 cm³/mol. The molecule has 0 aliphatic rings. The van der Waals surface area contributed by atoms with Crippen molar-refractivity contribution in [1.82, 2.24) is 4.57 Å². The molecular weight excluding hydrogens is 392 g/mol. The summed E-state index contributed by atoms with van der Waals surface area (Å²) >= 11 is 6.15. The van der Waals surface area contributed by atoms with Crippen LogP contribution in [0.15, 0.2) is 35.2 Å². The number of sulfonamides is 1. The average molecular weight is 419 g/mol. The summed E-state index contributed by atoms with van der Waals surface area (Å²) in [5, 5.41) is 7.36. The van der Waals surface area contributed by atoms with Crippen LogP contribution in [0.25, 0.3) is 10.9 Å². The molecule has 150 valence electrons. The zero-order valence-electron chi connectivity index (χ0n) is 17.0. The fraction of sp³-hybridized carbons (Fsp3) is 0.364. The fourth-order valence-corrected chi connectivity index (χ4v) is 5.74. The van der Waals surface area contributed by atoms with Crippen molar-refractivity contribution in [3.05, 3.63) is 63.3 Å². The monoisotopic (exact) mass is 418 g/mol. The molecule has 0 saturated heterocycles. The Kier molecular flexibility index (Phi) is 5.63. The van der Waals surface area contributed by atoms with E-state index >= 15 is 0 Å². The summed E-state index contributed by atoms with van der Waals surface area (Å²) in [5.74, 6) is 0.172. The van der Waals surface area contributed by atoms with Gasteiger partial charge in [0, 0.05) is 34.1 Å². The summed E-state index contributed by atoms with van der Waals surface area (Å²) in [4.78, 5) is 0.257. The number of halogens is 1. The Hall–Kier alpha value is -1.82. The Morgan fingerprint density at radius 1 is 1.07 bits per heavy atom. The lowest BCUT2D eigenvalue weighted by molar-refractivity contribution is 0.543. The van der Waals surface area contributed by atoms with E-state index in [-0.39, 0.29) is 10.8 Å². The van der Waals surface area contributed by atoms with Gasteiger partial charge in [-0.2, -0.15) is 0 Å². The third-order valence-electron chi connectivity index (χ3n) is 5.62. The van der Waals surface area contributed by atoms with E-state index in [0.717, 1.165) is 51.3 Å². The third-order valence-corrected chi connectivity index (χ3v) is 7.05. The molecule has 0 bridgehead atoms. The maximum atomic E-state index is 12.2. The van der Waals surface area contributed by atoms with Crippen LogP contribution >= 0.6 is 11.6 Å². The maximum absolute atomic E-state index is 12.2. The van der Waals surface area contributed by atoms with Gasteiger partial charge in [0.25, 0.3) is 0 Å². The van der Waals surface area contributed by atoms with Gasteiger partial charge in [0.15, 0.2) is 0 Å². The molecule has 0 aliphatic heterocycles. The number of fused-ring (bicyclic) bond motifs is 1. The van der Waals surface area contributed by atoms with Crippen molar-refractivity contribution < 1.29 is 8.42 Å². The summed E-state index contributed by atoms with van der Waals surface area (Å²) in [5.41, 5.74) is 5.94. The van der Waals surface area contributed by atoms with Crippen molar-refractivity contribution in [2.24, 2.45) is 5.14 Å². The van der Waals surface area contributed by atoms with Gasteiger partial charge in [0.2, 0.25) is 10.0 Å². The molecule has 0 spiro atoms. The van der Waals surface area contributed by atoms with Gasteiger partial charge in [-0.1, -0.05) is 24.6 Å². The van der Waals surface area contributed by atoms with Gasteiger partial charge in [-0.3, -0.25) is 0 Å². The number of hydrogen-bond donors (Lipinski definition) is 1. The topological polar surface area (TPSA) is 65.1 Å². The van der Waals surface area contributed by atoms with Crippen molar-refractivity contribution in [1.29, 1.82) is 0 Å². The zero-order valence-corrected chi connectivity index (χ0v) is 18.6. The summed E-state index contributed by atoms with van der Waals surface area (Å²) < 4.78 is 26.7. The van der Waals surface area contributed by atoms with Gasteiger partial charge in [-0.25, -0.2) is 13.6 Å². The Labute approximate surface area is 172 Å². The Bertz CT molecular complexity index is 1160. The Morgan fingerprint density at radius 2 is 1.75 bits per heavy atom. The lowest BCUT2D eigenvalue weighted by atomic mass is 9.87. The molecule has 6 heteroatoms. The molecule has 0 unspecified atom stereocenters. The fourth-order valence-electron chi connectivity index (χ4n) is 4.51. The van der Waals surface area contributed by atoms with E-state index in [1.54, 1.807) is 6.92 Å². The van der Waals surface area contributed by atoms with Crippen LogP contribution in [0.5, 0.6) is 0 Å². The summed E-state index contributed by atoms with van der Waals surface area (Å²) in [7, 11) is -3.78. The second kappa shape index (κ2) is 7.54. The highest BCUT2D eigenvalue weighted by atomic mass is 35.5. The Balaban J connectivity index is 2.15. The van der Waals surface area contributed by atoms with Crippen molar-refractivity contribution in [2.75, 3.05) is 0 Å². The molecule has 0 fully saturated rings. The molecule has 0 saturated carbocycles. The molecule has 4 nitrogen and oxygen atoms in total. The van der Waals surface area contributed by atoms with Gasteiger partial charge < -0.3 is 4.57 Å². The van der Waals surface area contributed by atoms with Crippen molar-refractivity contribution >= 4 is 32.5 Å². The standard InChI is InChI=1S/C22H27ClN2O2S/c1-6-17(12-25-15(4)10-18-11-19(23)7-8-20(18)25)21-13(2)9-14(3)22(16(21)5)28(24,26)27/h7-11,17H,6,12H2,1-5H3,(H2,24,26,27)/t17-/m1/s1. The first-order chi connectivity index (χ1) is 13.0. The van der Waals surface area contributed by atoms with E-state index in [9.17, 15) is 8.42 Å². The van der Waals surface area contributed by atoms with Gasteiger partial charge in [0.1, 0.15) is 0 Å². The molecule has 1 atom stereocenters. The van der Waals surface area contributed by atoms with E-state index in [0.29, 0.717) is 5.56 Å². The zero-order chi connectivity index (χ0) is 20.8. The molecule has 3 rings (SSSR count). The lowest BCUT2D eigenvalue weighted by Gasteiger charge is -2.25. The van der Waals surface area contributed by atoms with Crippen LogP contribution in [0.1, 0.15) is 47.2 Å². The molecule has 2 aromatic carbocycles. The van der Waals surface area contributed by atoms with Crippen molar-refractivity contribution in [2.45, 2.75) is 58.4 Å². The van der Waals surface area contributed by atoms with Crippen LogP contribution in [-0.2, 0) is 16.6 Å². The van der Waals surface area contributed by atoms with Crippen LogP contribution in [-0.4, -0.2) is 13.0 Å². The number of aromatic nitrogens is 1. The molecule has 1 aromatic heterocycles. The van der Waals surface area contributed by atoms with E-state index in [4.69, 9.17) is 16.7 Å². The van der Waals surface area contributed by atoms with E-state index in [1.165, 1.54) is 0 Å². The Morgan fingerprint density at radius 3 is 2.36 bits per heavy atom. The highest BCUT2D eigenvalue weighted by Crippen LogP contribution is 2.35. The molecule has 3 aromatic rings.